The third-order valence-corrected chi connectivity index (χ3v) is 0. The van der Waals surface area contributed by atoms with Gasteiger partial charge in [-0.15, -0.1) is 0 Å². The molecule has 0 saturated heterocycles. The summed E-state index contributed by atoms with van der Waals surface area (Å²) in [6.45, 7) is 0. The Morgan fingerprint density at radius 3 is 0.417 bits per heavy atom. The molecule has 0 aromatic carbocycles. The summed E-state index contributed by atoms with van der Waals surface area (Å²) in [7, 11) is 9.40. The summed E-state index contributed by atoms with van der Waals surface area (Å²) in [5, 5.41) is 0. The monoisotopic (exact) mass is 290 g/mol. The zero-order valence-electron chi connectivity index (χ0n) is 5.57. The standard InChI is InChI=1S/2ClH.Ni.9H2O/h2*1H;;9*1H2/q;;+2;;;;;;;;;/p-2. The van der Waals surface area contributed by atoms with E-state index < -0.39 is 0 Å². The molecule has 9 nitrogen and oxygen atoms in total. The van der Waals surface area contributed by atoms with Gasteiger partial charge >= 0.3 is 33.0 Å². The Hall–Kier alpha value is 0.714. The van der Waals surface area contributed by atoms with Crippen LogP contribution in [0, 0.1) is 0 Å². The van der Waals surface area contributed by atoms with Gasteiger partial charge < -0.3 is 49.3 Å². The Morgan fingerprint density at radius 2 is 0.417 bits per heavy atom. The molecular formula is H18Cl2NiO9. The zero-order chi connectivity index (χ0) is 2.71. The van der Waals surface area contributed by atoms with Gasteiger partial charge in [-0.1, -0.05) is 0 Å². The minimum atomic E-state index is 0. The van der Waals surface area contributed by atoms with E-state index in [1.807, 2.05) is 0 Å². The summed E-state index contributed by atoms with van der Waals surface area (Å²) in [6.07, 6.45) is 0. The minimum absolute atomic E-state index is 0. The van der Waals surface area contributed by atoms with Crippen LogP contribution in [0.4, 0.5) is 0 Å². The number of halogens is 2. The van der Waals surface area contributed by atoms with E-state index in [2.05, 4.69) is 0 Å². The molecule has 0 fully saturated rings. The van der Waals surface area contributed by atoms with Crippen LogP contribution < -0.4 is 0 Å². The average molecular weight is 292 g/mol. The molecule has 0 bridgehead atoms. The van der Waals surface area contributed by atoms with Crippen molar-refractivity contribution < 1.29 is 61.9 Å². The van der Waals surface area contributed by atoms with E-state index in [9.17, 15) is 0 Å². The van der Waals surface area contributed by atoms with Crippen LogP contribution >= 0.6 is 20.4 Å². The van der Waals surface area contributed by atoms with Crippen LogP contribution in [0.1, 0.15) is 0 Å². The Morgan fingerprint density at radius 1 is 0.417 bits per heavy atom. The number of rotatable bonds is 0. The third-order valence-electron chi connectivity index (χ3n) is 0. The van der Waals surface area contributed by atoms with Gasteiger partial charge in [0.2, 0.25) is 0 Å². The van der Waals surface area contributed by atoms with Crippen molar-refractivity contribution in [3.8, 4) is 0 Å². The summed E-state index contributed by atoms with van der Waals surface area (Å²) < 4.78 is 0. The molecule has 0 aromatic rings. The molecular weight excluding hydrogens is 274 g/mol. The van der Waals surface area contributed by atoms with Crippen LogP contribution in [0.15, 0.2) is 0 Å². The SMILES string of the molecule is O.O.O.O.O.O.O.O.O.[Cl][Ni][Cl]. The first-order chi connectivity index (χ1) is 1.41. The van der Waals surface area contributed by atoms with Crippen LogP contribution in [0.2, 0.25) is 0 Å². The molecule has 0 aromatic heterocycles. The summed E-state index contributed by atoms with van der Waals surface area (Å²) in [6, 6.07) is 0. The second-order valence-corrected chi connectivity index (χ2v) is 1.68. The van der Waals surface area contributed by atoms with Crippen molar-refractivity contribution in [1.82, 2.24) is 0 Å². The molecule has 12 heavy (non-hydrogen) atoms. The van der Waals surface area contributed by atoms with E-state index in [0.29, 0.717) is 12.7 Å². The van der Waals surface area contributed by atoms with Crippen molar-refractivity contribution in [2.45, 2.75) is 0 Å². The maximum absolute atomic E-state index is 4.70. The average Bonchev–Trinajstić information content (AvgIpc) is 0.918. The molecule has 0 rings (SSSR count). The molecule has 0 spiro atoms. The molecule has 0 aliphatic carbocycles. The van der Waals surface area contributed by atoms with Crippen molar-refractivity contribution in [2.75, 3.05) is 0 Å². The van der Waals surface area contributed by atoms with Crippen molar-refractivity contribution in [3.63, 3.8) is 0 Å². The van der Waals surface area contributed by atoms with Gasteiger partial charge in [-0.05, 0) is 0 Å². The molecule has 0 atom stereocenters. The van der Waals surface area contributed by atoms with Crippen molar-refractivity contribution in [3.05, 3.63) is 0 Å². The van der Waals surface area contributed by atoms with Crippen LogP contribution in [-0.2, 0) is 12.7 Å². The Balaban J connectivity index is -0.000000000556. The van der Waals surface area contributed by atoms with Gasteiger partial charge in [-0.3, -0.25) is 0 Å². The molecule has 96 valence electrons. The van der Waals surface area contributed by atoms with Gasteiger partial charge in [0.05, 0.1) is 0 Å². The first-order valence-corrected chi connectivity index (χ1v) is 2.96. The second-order valence-electron chi connectivity index (χ2n) is 0.0452. The molecule has 0 aliphatic rings. The number of hydrogen-bond acceptors (Lipinski definition) is 0. The molecule has 0 radical (unpaired) electrons. The first-order valence-electron chi connectivity index (χ1n) is 0.239. The van der Waals surface area contributed by atoms with Crippen LogP contribution in [0.25, 0.3) is 0 Å². The summed E-state index contributed by atoms with van der Waals surface area (Å²) in [4.78, 5) is 0. The molecule has 0 amide bonds. The molecule has 0 aliphatic heterocycles. The Kier molecular flexibility index (Phi) is 9040. The fraction of sp³-hybridized carbons (Fsp3) is 0. The van der Waals surface area contributed by atoms with Gasteiger partial charge in [0.15, 0.2) is 0 Å². The number of hydrogen-bond donors (Lipinski definition) is 0. The molecule has 12 heteroatoms. The van der Waals surface area contributed by atoms with E-state index in [-0.39, 0.29) is 49.3 Å². The molecule has 18 N–H and O–H groups in total. The summed E-state index contributed by atoms with van der Waals surface area (Å²) in [5.74, 6) is 0. The Labute approximate surface area is 82.8 Å². The van der Waals surface area contributed by atoms with E-state index >= 15 is 0 Å². The van der Waals surface area contributed by atoms with E-state index in [4.69, 9.17) is 20.4 Å². The molecule has 0 unspecified atom stereocenters. The van der Waals surface area contributed by atoms with Crippen LogP contribution in [-0.4, -0.2) is 49.3 Å². The third kappa shape index (κ3) is 1990. The van der Waals surface area contributed by atoms with Crippen molar-refractivity contribution >= 4 is 20.4 Å². The van der Waals surface area contributed by atoms with Gasteiger partial charge in [-0.2, -0.15) is 0 Å². The van der Waals surface area contributed by atoms with Crippen LogP contribution in [0.3, 0.4) is 0 Å². The first kappa shape index (κ1) is 237. The normalized spacial score (nSPS) is 1.83. The quantitative estimate of drug-likeness (QED) is 0.376. The van der Waals surface area contributed by atoms with Gasteiger partial charge in [0, 0.05) is 0 Å². The van der Waals surface area contributed by atoms with Crippen molar-refractivity contribution in [2.24, 2.45) is 0 Å². The maximum atomic E-state index is 4.70. The zero-order valence-corrected chi connectivity index (χ0v) is 8.07. The fourth-order valence-corrected chi connectivity index (χ4v) is 0. The van der Waals surface area contributed by atoms with Crippen molar-refractivity contribution in [1.29, 1.82) is 0 Å². The van der Waals surface area contributed by atoms with Crippen LogP contribution in [0.5, 0.6) is 0 Å². The topological polar surface area (TPSA) is 284 Å². The van der Waals surface area contributed by atoms with E-state index in [0.717, 1.165) is 0 Å². The van der Waals surface area contributed by atoms with Gasteiger partial charge in [0.1, 0.15) is 0 Å². The summed E-state index contributed by atoms with van der Waals surface area (Å²) in [5.41, 5.74) is 0. The predicted octanol–water partition coefficient (Wildman–Crippen LogP) is -6.05. The molecule has 0 heterocycles. The second kappa shape index (κ2) is 458. The van der Waals surface area contributed by atoms with Gasteiger partial charge in [0.25, 0.3) is 0 Å². The van der Waals surface area contributed by atoms with E-state index in [1.54, 1.807) is 0 Å². The predicted molar refractivity (Wildman–Crippen MR) is 44.2 cm³/mol. The molecule has 0 saturated carbocycles. The summed E-state index contributed by atoms with van der Waals surface area (Å²) >= 11 is 0.569. The fourth-order valence-electron chi connectivity index (χ4n) is 0. The van der Waals surface area contributed by atoms with Gasteiger partial charge in [-0.25, -0.2) is 0 Å². The Bertz CT molecular complexity index is 12.5. The van der Waals surface area contributed by atoms with E-state index in [1.165, 1.54) is 0 Å².